The van der Waals surface area contributed by atoms with Gasteiger partial charge in [0.2, 0.25) is 5.91 Å². The highest BCUT2D eigenvalue weighted by Crippen LogP contribution is 2.25. The maximum Gasteiger partial charge on any atom is 0.224 e. The molecule has 37 heavy (non-hydrogen) atoms. The van der Waals surface area contributed by atoms with Gasteiger partial charge < -0.3 is 20.3 Å². The quantitative estimate of drug-likeness (QED) is 0.366. The van der Waals surface area contributed by atoms with Gasteiger partial charge in [0.1, 0.15) is 0 Å². The minimum Gasteiger partial charge on any atom is -0.379 e. The number of aromatic nitrogens is 3. The molecule has 0 atom stereocenters. The van der Waals surface area contributed by atoms with Crippen molar-refractivity contribution in [1.82, 2.24) is 25.0 Å². The number of morpholine rings is 1. The van der Waals surface area contributed by atoms with E-state index in [0.717, 1.165) is 60.7 Å². The highest BCUT2D eigenvalue weighted by atomic mass is 16.5. The third kappa shape index (κ3) is 6.07. The van der Waals surface area contributed by atoms with Crippen molar-refractivity contribution in [2.75, 3.05) is 63.7 Å². The van der Waals surface area contributed by atoms with Crippen molar-refractivity contribution in [3.63, 3.8) is 0 Å². The fraction of sp³-hybridized carbons (Fsp3) is 0.321. The molecule has 3 heterocycles. The number of ether oxygens (including phenoxy) is 1. The molecule has 0 saturated carbocycles. The summed E-state index contributed by atoms with van der Waals surface area (Å²) in [5.41, 5.74) is 4.00. The Labute approximate surface area is 217 Å². The number of benzene rings is 2. The molecule has 4 aromatic rings. The number of hydrogen-bond acceptors (Lipinski definition) is 7. The third-order valence-corrected chi connectivity index (χ3v) is 6.53. The molecule has 1 amide bonds. The highest BCUT2D eigenvalue weighted by Gasteiger charge is 2.15. The van der Waals surface area contributed by atoms with Crippen LogP contribution >= 0.6 is 0 Å². The van der Waals surface area contributed by atoms with Gasteiger partial charge in [0.05, 0.1) is 25.2 Å². The van der Waals surface area contributed by atoms with Gasteiger partial charge in [0.15, 0.2) is 11.6 Å². The SMILES string of the molecule is CN(C)c1cccc(Nc2ccc(-n3cc(CC(=O)NCCN4CCOCC4)c4ccccc43)nn2)c1. The van der Waals surface area contributed by atoms with Gasteiger partial charge in [-0.1, -0.05) is 24.3 Å². The fourth-order valence-corrected chi connectivity index (χ4v) is 4.52. The Hall–Kier alpha value is -3.95. The van der Waals surface area contributed by atoms with E-state index in [1.54, 1.807) is 0 Å². The molecule has 1 aliphatic heterocycles. The summed E-state index contributed by atoms with van der Waals surface area (Å²) in [5.74, 6) is 1.38. The normalized spacial score (nSPS) is 14.0. The Morgan fingerprint density at radius 1 is 1.03 bits per heavy atom. The molecule has 1 aliphatic rings. The van der Waals surface area contributed by atoms with Crippen LogP contribution in [0, 0.1) is 0 Å². The summed E-state index contributed by atoms with van der Waals surface area (Å²) in [6.07, 6.45) is 2.30. The topological polar surface area (TPSA) is 87.5 Å². The average molecular weight is 500 g/mol. The van der Waals surface area contributed by atoms with E-state index < -0.39 is 0 Å². The molecule has 2 aromatic carbocycles. The molecule has 192 valence electrons. The molecule has 1 saturated heterocycles. The van der Waals surface area contributed by atoms with Crippen LogP contribution in [0.5, 0.6) is 0 Å². The van der Waals surface area contributed by atoms with E-state index in [1.165, 1.54) is 0 Å². The number of anilines is 3. The maximum absolute atomic E-state index is 12.7. The van der Waals surface area contributed by atoms with E-state index >= 15 is 0 Å². The summed E-state index contributed by atoms with van der Waals surface area (Å²) in [6, 6.07) is 20.0. The second-order valence-electron chi connectivity index (χ2n) is 9.37. The molecule has 0 spiro atoms. The minimum atomic E-state index is 0.0155. The molecule has 0 unspecified atom stereocenters. The zero-order chi connectivity index (χ0) is 25.6. The molecule has 2 N–H and O–H groups in total. The van der Waals surface area contributed by atoms with Gasteiger partial charge in [-0.3, -0.25) is 14.3 Å². The van der Waals surface area contributed by atoms with E-state index in [1.807, 2.05) is 73.4 Å². The molecule has 9 heteroatoms. The van der Waals surface area contributed by atoms with Crippen molar-refractivity contribution in [2.24, 2.45) is 0 Å². The summed E-state index contributed by atoms with van der Waals surface area (Å²) in [7, 11) is 4.02. The van der Waals surface area contributed by atoms with Crippen LogP contribution in [0.4, 0.5) is 17.2 Å². The monoisotopic (exact) mass is 499 g/mol. The summed E-state index contributed by atoms with van der Waals surface area (Å²) < 4.78 is 7.38. The minimum absolute atomic E-state index is 0.0155. The molecule has 0 radical (unpaired) electrons. The lowest BCUT2D eigenvalue weighted by molar-refractivity contribution is -0.120. The van der Waals surface area contributed by atoms with Gasteiger partial charge in [0.25, 0.3) is 0 Å². The summed E-state index contributed by atoms with van der Waals surface area (Å²) in [5, 5.41) is 16.3. The van der Waals surface area contributed by atoms with Gasteiger partial charge in [-0.25, -0.2) is 0 Å². The summed E-state index contributed by atoms with van der Waals surface area (Å²) in [4.78, 5) is 17.1. The smallest absolute Gasteiger partial charge is 0.224 e. The van der Waals surface area contributed by atoms with Crippen LogP contribution in [-0.4, -0.2) is 79.1 Å². The Balaban J connectivity index is 1.27. The largest absolute Gasteiger partial charge is 0.379 e. The van der Waals surface area contributed by atoms with E-state index in [-0.39, 0.29) is 5.91 Å². The first-order valence-corrected chi connectivity index (χ1v) is 12.6. The Kier molecular flexibility index (Phi) is 7.62. The molecule has 0 aliphatic carbocycles. The van der Waals surface area contributed by atoms with Crippen molar-refractivity contribution in [2.45, 2.75) is 6.42 Å². The van der Waals surface area contributed by atoms with Crippen LogP contribution in [0.25, 0.3) is 16.7 Å². The first kappa shape index (κ1) is 24.7. The molecule has 9 nitrogen and oxygen atoms in total. The number of fused-ring (bicyclic) bond motifs is 1. The van der Waals surface area contributed by atoms with Gasteiger partial charge in [-0.05, 0) is 42.0 Å². The number of amides is 1. The fourth-order valence-electron chi connectivity index (χ4n) is 4.52. The van der Waals surface area contributed by atoms with Gasteiger partial charge in [-0.15, -0.1) is 10.2 Å². The second-order valence-corrected chi connectivity index (χ2v) is 9.37. The van der Waals surface area contributed by atoms with Crippen molar-refractivity contribution in [3.05, 3.63) is 72.4 Å². The molecule has 5 rings (SSSR count). The molecule has 2 aromatic heterocycles. The van der Waals surface area contributed by atoms with Crippen LogP contribution in [-0.2, 0) is 16.0 Å². The lowest BCUT2D eigenvalue weighted by Gasteiger charge is -2.26. The standard InChI is InChI=1S/C28H33N7O2/c1-33(2)23-7-5-6-22(19-23)30-26-10-11-27(32-31-26)35-20-21(24-8-3-4-9-25(24)35)18-28(36)29-12-13-34-14-16-37-17-15-34/h3-11,19-20H,12-18H2,1-2H3,(H,29,36)(H,30,31). The number of carbonyl (C=O) groups excluding carboxylic acids is 1. The predicted molar refractivity (Wildman–Crippen MR) is 147 cm³/mol. The average Bonchev–Trinajstić information content (AvgIpc) is 3.28. The van der Waals surface area contributed by atoms with Crippen molar-refractivity contribution >= 4 is 34.0 Å². The lowest BCUT2D eigenvalue weighted by atomic mass is 10.1. The number of para-hydroxylation sites is 1. The van der Waals surface area contributed by atoms with Gasteiger partial charge in [0, 0.05) is 63.2 Å². The molecule has 1 fully saturated rings. The lowest BCUT2D eigenvalue weighted by Crippen LogP contribution is -2.41. The van der Waals surface area contributed by atoms with Crippen LogP contribution in [0.2, 0.25) is 0 Å². The van der Waals surface area contributed by atoms with E-state index in [0.29, 0.717) is 24.6 Å². The highest BCUT2D eigenvalue weighted by molar-refractivity contribution is 5.90. The van der Waals surface area contributed by atoms with Crippen LogP contribution in [0.3, 0.4) is 0 Å². The Bertz CT molecular complexity index is 1340. The second kappa shape index (κ2) is 11.4. The van der Waals surface area contributed by atoms with Crippen molar-refractivity contribution in [3.8, 4) is 5.82 Å². The number of nitrogens with zero attached hydrogens (tertiary/aromatic N) is 5. The summed E-state index contributed by atoms with van der Waals surface area (Å²) >= 11 is 0. The summed E-state index contributed by atoms with van der Waals surface area (Å²) in [6.45, 7) is 4.83. The van der Waals surface area contributed by atoms with Crippen molar-refractivity contribution < 1.29 is 9.53 Å². The zero-order valence-electron chi connectivity index (χ0n) is 21.4. The van der Waals surface area contributed by atoms with Crippen LogP contribution in [0.1, 0.15) is 5.56 Å². The first-order chi connectivity index (χ1) is 18.1. The van der Waals surface area contributed by atoms with Crippen molar-refractivity contribution in [1.29, 1.82) is 0 Å². The van der Waals surface area contributed by atoms with Gasteiger partial charge in [-0.2, -0.15) is 0 Å². The van der Waals surface area contributed by atoms with E-state index in [9.17, 15) is 4.79 Å². The number of rotatable bonds is 9. The van der Waals surface area contributed by atoms with Gasteiger partial charge >= 0.3 is 0 Å². The Morgan fingerprint density at radius 2 is 1.86 bits per heavy atom. The first-order valence-electron chi connectivity index (χ1n) is 12.6. The maximum atomic E-state index is 12.7. The molecule has 0 bridgehead atoms. The number of nitrogens with one attached hydrogen (secondary N) is 2. The molecular formula is C28H33N7O2. The van der Waals surface area contributed by atoms with Crippen LogP contribution in [0.15, 0.2) is 66.9 Å². The predicted octanol–water partition coefficient (Wildman–Crippen LogP) is 3.22. The van der Waals surface area contributed by atoms with E-state index in [2.05, 4.69) is 42.8 Å². The zero-order valence-corrected chi connectivity index (χ0v) is 21.4. The molecular weight excluding hydrogens is 466 g/mol. The number of carbonyl (C=O) groups is 1. The van der Waals surface area contributed by atoms with E-state index in [4.69, 9.17) is 4.74 Å². The van der Waals surface area contributed by atoms with Crippen LogP contribution < -0.4 is 15.5 Å². The Morgan fingerprint density at radius 3 is 2.65 bits per heavy atom. The third-order valence-electron chi connectivity index (χ3n) is 6.53. The number of hydrogen-bond donors (Lipinski definition) is 2.